The predicted molar refractivity (Wildman–Crippen MR) is 159 cm³/mol. The van der Waals surface area contributed by atoms with E-state index >= 15 is 0 Å². The van der Waals surface area contributed by atoms with Crippen LogP contribution in [0, 0.1) is 0 Å². The smallest absolute Gasteiger partial charge is 0.269 e. The van der Waals surface area contributed by atoms with E-state index in [9.17, 15) is 18.8 Å². The van der Waals surface area contributed by atoms with Crippen molar-refractivity contribution in [3.8, 4) is 11.1 Å². The average molecular weight is 600 g/mol. The molecule has 0 saturated carbocycles. The fraction of sp³-hybridized carbons (Fsp3) is 0.419. The van der Waals surface area contributed by atoms with Gasteiger partial charge in [0, 0.05) is 40.2 Å². The van der Waals surface area contributed by atoms with E-state index in [0.29, 0.717) is 17.3 Å². The molecule has 1 fully saturated rings. The Kier molecular flexibility index (Phi) is 7.56. The Morgan fingerprint density at radius 1 is 1.11 bits per heavy atom. The number of benzene rings is 1. The minimum atomic E-state index is -1.35. The molecule has 0 spiro atoms. The van der Waals surface area contributed by atoms with E-state index in [1.54, 1.807) is 36.8 Å². The van der Waals surface area contributed by atoms with Gasteiger partial charge in [0.15, 0.2) is 5.69 Å². The zero-order valence-electron chi connectivity index (χ0n) is 24.8. The van der Waals surface area contributed by atoms with Crippen LogP contribution < -0.4 is 11.1 Å². The Morgan fingerprint density at radius 2 is 1.93 bits per heavy atom. The summed E-state index contributed by atoms with van der Waals surface area (Å²) in [7, 11) is 0. The van der Waals surface area contributed by atoms with Gasteiger partial charge in [0.1, 0.15) is 24.6 Å². The Labute approximate surface area is 253 Å². The molecule has 12 nitrogen and oxygen atoms in total. The number of nitrogens with one attached hydrogen (secondary N) is 1. The quantitative estimate of drug-likeness (QED) is 0.342. The molecule has 0 radical (unpaired) electrons. The lowest BCUT2D eigenvalue weighted by Gasteiger charge is -2.30. The number of nitrogens with zero attached hydrogens (tertiary/aromatic N) is 7. The Bertz CT molecular complexity index is 1750. The number of likely N-dealkylation sites (tertiary alicyclic amines) is 1. The van der Waals surface area contributed by atoms with Crippen molar-refractivity contribution >= 4 is 28.6 Å². The van der Waals surface area contributed by atoms with Gasteiger partial charge in [-0.1, -0.05) is 26.8 Å². The number of rotatable bonds is 6. The highest BCUT2D eigenvalue weighted by molar-refractivity contribution is 6.05. The Balaban J connectivity index is 1.22. The molecular weight excluding hydrogens is 565 g/mol. The number of hydrogen-bond acceptors (Lipinski definition) is 8. The van der Waals surface area contributed by atoms with Crippen molar-refractivity contribution in [1.29, 1.82) is 0 Å². The summed E-state index contributed by atoms with van der Waals surface area (Å²) in [5, 5.41) is 15.5. The van der Waals surface area contributed by atoms with Crippen molar-refractivity contribution in [2.75, 3.05) is 6.54 Å². The van der Waals surface area contributed by atoms with E-state index < -0.39 is 29.9 Å². The second-order valence-electron chi connectivity index (χ2n) is 12.4. The highest BCUT2D eigenvalue weighted by Crippen LogP contribution is 2.32. The number of aromatic nitrogens is 6. The lowest BCUT2D eigenvalue weighted by atomic mass is 9.90. The zero-order valence-corrected chi connectivity index (χ0v) is 24.8. The van der Waals surface area contributed by atoms with Crippen molar-refractivity contribution in [2.24, 2.45) is 5.73 Å². The van der Waals surface area contributed by atoms with Crippen molar-refractivity contribution in [2.45, 2.75) is 76.7 Å². The third-order valence-corrected chi connectivity index (χ3v) is 8.23. The van der Waals surface area contributed by atoms with Crippen LogP contribution in [0.5, 0.6) is 0 Å². The van der Waals surface area contributed by atoms with E-state index in [-0.39, 0.29) is 36.7 Å². The number of carbonyl (C=O) groups is 3. The largest absolute Gasteiger partial charge is 0.364 e. The van der Waals surface area contributed by atoms with Crippen molar-refractivity contribution < 1.29 is 18.8 Å². The molecule has 3 atom stereocenters. The summed E-state index contributed by atoms with van der Waals surface area (Å²) in [6, 6.07) is 5.76. The van der Waals surface area contributed by atoms with Crippen LogP contribution in [-0.2, 0) is 28.0 Å². The summed E-state index contributed by atoms with van der Waals surface area (Å²) in [6.07, 6.45) is 5.80. The van der Waals surface area contributed by atoms with Gasteiger partial charge in [-0.2, -0.15) is 15.3 Å². The first-order chi connectivity index (χ1) is 21.0. The molecule has 4 aromatic rings. The summed E-state index contributed by atoms with van der Waals surface area (Å²) in [5.74, 6) is -0.919. The normalized spacial score (nSPS) is 20.0. The fourth-order valence-corrected chi connectivity index (χ4v) is 5.98. The molecule has 3 N–H and O–H groups in total. The maximum absolute atomic E-state index is 14.7. The minimum absolute atomic E-state index is 0.00329. The van der Waals surface area contributed by atoms with Gasteiger partial charge in [0.2, 0.25) is 11.8 Å². The topological polar surface area (TPSA) is 162 Å². The first-order valence-corrected chi connectivity index (χ1v) is 14.7. The van der Waals surface area contributed by atoms with Crippen LogP contribution in [0.15, 0.2) is 42.9 Å². The Hall–Kier alpha value is -4.81. The van der Waals surface area contributed by atoms with Gasteiger partial charge in [0.25, 0.3) is 5.91 Å². The number of aryl methyl sites for hydroxylation is 1. The number of primary amides is 1. The molecule has 1 aromatic carbocycles. The molecule has 0 bridgehead atoms. The molecule has 3 amide bonds. The van der Waals surface area contributed by atoms with E-state index in [2.05, 4.69) is 25.6 Å². The van der Waals surface area contributed by atoms with Crippen molar-refractivity contribution in [3.63, 3.8) is 0 Å². The van der Waals surface area contributed by atoms with Crippen molar-refractivity contribution in [1.82, 2.24) is 40.2 Å². The number of carbonyl (C=O) groups excluding carboxylic acids is 3. The lowest BCUT2D eigenvalue weighted by Crippen LogP contribution is -2.48. The molecule has 6 rings (SSSR count). The second kappa shape index (κ2) is 11.4. The van der Waals surface area contributed by atoms with Gasteiger partial charge in [-0.25, -0.2) is 14.4 Å². The second-order valence-corrected chi connectivity index (χ2v) is 12.4. The van der Waals surface area contributed by atoms with E-state index in [1.807, 2.05) is 26.8 Å². The maximum atomic E-state index is 14.7. The van der Waals surface area contributed by atoms with Crippen LogP contribution in [-0.4, -0.2) is 71.3 Å². The van der Waals surface area contributed by atoms with Crippen molar-refractivity contribution in [3.05, 3.63) is 65.6 Å². The van der Waals surface area contributed by atoms with Gasteiger partial charge in [-0.05, 0) is 43.0 Å². The molecule has 3 unspecified atom stereocenters. The molecule has 1 aliphatic heterocycles. The Morgan fingerprint density at radius 3 is 2.66 bits per heavy atom. The summed E-state index contributed by atoms with van der Waals surface area (Å²) in [4.78, 5) is 50.0. The number of hydrogen-bond donors (Lipinski definition) is 2. The molecule has 44 heavy (non-hydrogen) atoms. The van der Waals surface area contributed by atoms with Crippen LogP contribution >= 0.6 is 0 Å². The van der Waals surface area contributed by atoms with Crippen LogP contribution in [0.4, 0.5) is 4.39 Å². The van der Waals surface area contributed by atoms with Crippen LogP contribution in [0.2, 0.25) is 0 Å². The molecular formula is C31H34FN9O3. The zero-order chi connectivity index (χ0) is 31.2. The molecule has 3 aromatic heterocycles. The number of nitrogens with two attached hydrogens (primary N) is 1. The lowest BCUT2D eigenvalue weighted by molar-refractivity contribution is -0.139. The summed E-state index contributed by atoms with van der Waals surface area (Å²) in [5.41, 5.74) is 9.23. The van der Waals surface area contributed by atoms with Crippen LogP contribution in [0.3, 0.4) is 0 Å². The van der Waals surface area contributed by atoms with Gasteiger partial charge in [-0.3, -0.25) is 19.1 Å². The van der Waals surface area contributed by atoms with Gasteiger partial charge in [-0.15, -0.1) is 0 Å². The first kappa shape index (κ1) is 29.3. The standard InChI is InChI=1S/C31H34FN9O3/c1-31(2,3)30-34-14-21-22(5-4-6-23(21)38-30)37-29(44)25-12-19(32)15-40(25)26(42)16-41-24-8-7-17(18-9-10-35-36-13-18)11-20(24)27(39-41)28(33)43/h7-11,13-14,19,22,25H,4-6,12,15-16H2,1-3H3,(H2,33,43)(H,37,44). The SMILES string of the molecule is CC(C)(C)c1ncc2c(n1)CCCC2NC(=O)C1CC(F)CN1C(=O)Cn1nc(C(N)=O)c2cc(-c3ccnnc3)ccc21. The molecule has 1 aliphatic carbocycles. The van der Waals surface area contributed by atoms with E-state index in [1.165, 1.54) is 9.58 Å². The average Bonchev–Trinajstić information content (AvgIpc) is 3.57. The molecule has 13 heteroatoms. The fourth-order valence-electron chi connectivity index (χ4n) is 5.98. The van der Waals surface area contributed by atoms with Crippen LogP contribution in [0.25, 0.3) is 22.0 Å². The minimum Gasteiger partial charge on any atom is -0.364 e. The number of fused-ring (bicyclic) bond motifs is 2. The first-order valence-electron chi connectivity index (χ1n) is 14.7. The highest BCUT2D eigenvalue weighted by atomic mass is 19.1. The summed E-state index contributed by atoms with van der Waals surface area (Å²) in [6.45, 7) is 5.64. The molecule has 2 aliphatic rings. The third-order valence-electron chi connectivity index (χ3n) is 8.23. The monoisotopic (exact) mass is 599 g/mol. The summed E-state index contributed by atoms with van der Waals surface area (Å²) < 4.78 is 16.1. The van der Waals surface area contributed by atoms with Crippen LogP contribution in [0.1, 0.15) is 73.6 Å². The summed E-state index contributed by atoms with van der Waals surface area (Å²) >= 11 is 0. The maximum Gasteiger partial charge on any atom is 0.269 e. The number of alkyl halides is 1. The number of amides is 3. The molecule has 228 valence electrons. The predicted octanol–water partition coefficient (Wildman–Crippen LogP) is 2.81. The molecule has 1 saturated heterocycles. The van der Waals surface area contributed by atoms with Gasteiger partial charge >= 0.3 is 0 Å². The molecule has 4 heterocycles. The van der Waals surface area contributed by atoms with Gasteiger partial charge < -0.3 is 16.0 Å². The third kappa shape index (κ3) is 5.61. The highest BCUT2D eigenvalue weighted by Gasteiger charge is 2.41. The van der Waals surface area contributed by atoms with E-state index in [4.69, 9.17) is 10.7 Å². The number of halogens is 1. The van der Waals surface area contributed by atoms with Gasteiger partial charge in [0.05, 0.1) is 30.5 Å². The van der Waals surface area contributed by atoms with E-state index in [0.717, 1.165) is 41.1 Å².